The van der Waals surface area contributed by atoms with Crippen LogP contribution in [0.5, 0.6) is 0 Å². The van der Waals surface area contributed by atoms with Crippen LogP contribution in [0.25, 0.3) is 0 Å². The van der Waals surface area contributed by atoms with Crippen LogP contribution >= 0.6 is 34.5 Å². The van der Waals surface area contributed by atoms with Crippen molar-refractivity contribution in [1.82, 2.24) is 14.2 Å². The molecular formula is C8H8ClN3OS2. The van der Waals surface area contributed by atoms with Crippen LogP contribution in [0.15, 0.2) is 4.79 Å². The van der Waals surface area contributed by atoms with Gasteiger partial charge in [0.2, 0.25) is 0 Å². The van der Waals surface area contributed by atoms with Crippen LogP contribution in [-0.4, -0.2) is 14.2 Å². The Hall–Kier alpha value is -0.720. The SMILES string of the molecule is Cc1sc(=O)n(Cc2nnsc2Cl)c1C. The van der Waals surface area contributed by atoms with E-state index in [-0.39, 0.29) is 4.87 Å². The lowest BCUT2D eigenvalue weighted by Gasteiger charge is -2.01. The number of halogens is 1. The van der Waals surface area contributed by atoms with E-state index in [4.69, 9.17) is 11.6 Å². The fourth-order valence-corrected chi connectivity index (χ4v) is 2.65. The summed E-state index contributed by atoms with van der Waals surface area (Å²) in [6.07, 6.45) is 0. The first-order valence-electron chi connectivity index (χ1n) is 4.23. The van der Waals surface area contributed by atoms with E-state index in [9.17, 15) is 4.79 Å². The Bertz CT molecular complexity index is 542. The summed E-state index contributed by atoms with van der Waals surface area (Å²) in [5.41, 5.74) is 1.62. The maximum absolute atomic E-state index is 11.6. The molecule has 7 heteroatoms. The Morgan fingerprint density at radius 3 is 2.67 bits per heavy atom. The maximum Gasteiger partial charge on any atom is 0.307 e. The number of thiazole rings is 1. The van der Waals surface area contributed by atoms with E-state index in [0.717, 1.165) is 22.1 Å². The van der Waals surface area contributed by atoms with E-state index < -0.39 is 0 Å². The topological polar surface area (TPSA) is 47.8 Å². The molecule has 2 aromatic heterocycles. The van der Waals surface area contributed by atoms with Crippen LogP contribution in [-0.2, 0) is 6.54 Å². The molecule has 0 saturated heterocycles. The number of nitrogens with zero attached hydrogens (tertiary/aromatic N) is 3. The van der Waals surface area contributed by atoms with E-state index in [1.54, 1.807) is 4.57 Å². The average molecular weight is 262 g/mol. The molecule has 0 bridgehead atoms. The summed E-state index contributed by atoms with van der Waals surface area (Å²) in [5.74, 6) is 0. The highest BCUT2D eigenvalue weighted by atomic mass is 35.5. The highest BCUT2D eigenvalue weighted by Gasteiger charge is 2.12. The van der Waals surface area contributed by atoms with Gasteiger partial charge in [0.25, 0.3) is 0 Å². The third kappa shape index (κ3) is 1.97. The summed E-state index contributed by atoms with van der Waals surface area (Å²) in [6, 6.07) is 0. The van der Waals surface area contributed by atoms with Gasteiger partial charge >= 0.3 is 4.87 Å². The van der Waals surface area contributed by atoms with E-state index in [0.29, 0.717) is 16.6 Å². The molecule has 0 N–H and O–H groups in total. The third-order valence-electron chi connectivity index (χ3n) is 2.19. The molecule has 0 fully saturated rings. The van der Waals surface area contributed by atoms with Gasteiger partial charge in [0, 0.05) is 22.1 Å². The second-order valence-corrected chi connectivity index (χ2v) is 5.61. The number of rotatable bonds is 2. The molecule has 80 valence electrons. The van der Waals surface area contributed by atoms with Crippen molar-refractivity contribution in [3.05, 3.63) is 30.3 Å². The van der Waals surface area contributed by atoms with Gasteiger partial charge in [0.05, 0.1) is 6.54 Å². The normalized spacial score (nSPS) is 10.9. The van der Waals surface area contributed by atoms with E-state index in [1.807, 2.05) is 13.8 Å². The Morgan fingerprint density at radius 1 is 1.47 bits per heavy atom. The highest BCUT2D eigenvalue weighted by Crippen LogP contribution is 2.19. The molecule has 0 atom stereocenters. The van der Waals surface area contributed by atoms with Gasteiger partial charge in [-0.15, -0.1) is 5.10 Å². The van der Waals surface area contributed by atoms with Gasteiger partial charge in [-0.1, -0.05) is 27.4 Å². The van der Waals surface area contributed by atoms with Crippen molar-refractivity contribution >= 4 is 34.5 Å². The minimum absolute atomic E-state index is 0.0223. The summed E-state index contributed by atoms with van der Waals surface area (Å²) in [4.78, 5) is 12.6. The smallest absolute Gasteiger partial charge is 0.297 e. The first-order chi connectivity index (χ1) is 7.09. The Morgan fingerprint density at radius 2 is 2.20 bits per heavy atom. The van der Waals surface area contributed by atoms with Gasteiger partial charge in [0.1, 0.15) is 10.0 Å². The zero-order chi connectivity index (χ0) is 11.0. The van der Waals surface area contributed by atoms with Crippen molar-refractivity contribution < 1.29 is 0 Å². The van der Waals surface area contributed by atoms with Crippen LogP contribution in [0.3, 0.4) is 0 Å². The Balaban J connectivity index is 2.40. The molecule has 0 aromatic carbocycles. The van der Waals surface area contributed by atoms with E-state index in [2.05, 4.69) is 9.59 Å². The van der Waals surface area contributed by atoms with Gasteiger partial charge in [-0.25, -0.2) is 0 Å². The van der Waals surface area contributed by atoms with Crippen molar-refractivity contribution in [3.63, 3.8) is 0 Å². The summed E-state index contributed by atoms with van der Waals surface area (Å²) >= 11 is 8.26. The summed E-state index contributed by atoms with van der Waals surface area (Å²) in [5, 5.41) is 3.88. The summed E-state index contributed by atoms with van der Waals surface area (Å²) in [6.45, 7) is 4.25. The van der Waals surface area contributed by atoms with Crippen LogP contribution in [0.2, 0.25) is 4.34 Å². The van der Waals surface area contributed by atoms with Gasteiger partial charge in [-0.2, -0.15) is 0 Å². The summed E-state index contributed by atoms with van der Waals surface area (Å²) < 4.78 is 5.95. The molecule has 0 radical (unpaired) electrons. The molecule has 15 heavy (non-hydrogen) atoms. The fourth-order valence-electron chi connectivity index (χ4n) is 1.21. The quantitative estimate of drug-likeness (QED) is 0.832. The fraction of sp³-hybridized carbons (Fsp3) is 0.375. The lowest BCUT2D eigenvalue weighted by atomic mass is 10.4. The molecule has 2 rings (SSSR count). The van der Waals surface area contributed by atoms with Crippen molar-refractivity contribution in [1.29, 1.82) is 0 Å². The largest absolute Gasteiger partial charge is 0.307 e. The molecule has 0 unspecified atom stereocenters. The van der Waals surface area contributed by atoms with Gasteiger partial charge in [-0.3, -0.25) is 9.36 Å². The van der Waals surface area contributed by atoms with Gasteiger partial charge < -0.3 is 0 Å². The minimum Gasteiger partial charge on any atom is -0.297 e. The van der Waals surface area contributed by atoms with Gasteiger partial charge in [-0.05, 0) is 13.8 Å². The molecule has 0 aliphatic carbocycles. The molecule has 2 aromatic rings. The number of hydrogen-bond donors (Lipinski definition) is 0. The van der Waals surface area contributed by atoms with Crippen molar-refractivity contribution in [2.45, 2.75) is 20.4 Å². The predicted octanol–water partition coefficient (Wildman–Crippen LogP) is 2.08. The van der Waals surface area contributed by atoms with Crippen molar-refractivity contribution in [2.75, 3.05) is 0 Å². The lowest BCUT2D eigenvalue weighted by Crippen LogP contribution is -2.15. The molecule has 0 saturated carbocycles. The zero-order valence-corrected chi connectivity index (χ0v) is 10.5. The van der Waals surface area contributed by atoms with E-state index >= 15 is 0 Å². The molecule has 0 aliphatic rings. The van der Waals surface area contributed by atoms with Crippen LogP contribution in [0, 0.1) is 13.8 Å². The van der Waals surface area contributed by atoms with E-state index in [1.165, 1.54) is 11.3 Å². The summed E-state index contributed by atoms with van der Waals surface area (Å²) in [7, 11) is 0. The molecule has 0 spiro atoms. The monoisotopic (exact) mass is 261 g/mol. The molecular weight excluding hydrogens is 254 g/mol. The predicted molar refractivity (Wildman–Crippen MR) is 62.1 cm³/mol. The molecule has 4 nitrogen and oxygen atoms in total. The Labute approximate surface area is 99.3 Å². The lowest BCUT2D eigenvalue weighted by molar-refractivity contribution is 0.729. The second kappa shape index (κ2) is 4.03. The standard InChI is InChI=1S/C8H8ClN3OS2/c1-4-5(2)14-8(13)12(4)3-6-7(9)15-11-10-6/h3H2,1-2H3. The number of hydrogen-bond acceptors (Lipinski definition) is 5. The first kappa shape index (κ1) is 10.8. The maximum atomic E-state index is 11.6. The zero-order valence-electron chi connectivity index (χ0n) is 8.15. The minimum atomic E-state index is 0.0223. The number of aryl methyl sites for hydroxylation is 1. The number of aromatic nitrogens is 3. The van der Waals surface area contributed by atoms with Crippen molar-refractivity contribution in [3.8, 4) is 0 Å². The van der Waals surface area contributed by atoms with Crippen LogP contribution in [0.4, 0.5) is 0 Å². The van der Waals surface area contributed by atoms with Crippen LogP contribution in [0.1, 0.15) is 16.3 Å². The highest BCUT2D eigenvalue weighted by molar-refractivity contribution is 7.10. The second-order valence-electron chi connectivity index (χ2n) is 3.09. The molecule has 0 amide bonds. The average Bonchev–Trinajstić information content (AvgIpc) is 2.67. The molecule has 0 aliphatic heterocycles. The molecule has 2 heterocycles. The Kier molecular flexibility index (Phi) is 2.90. The first-order valence-corrected chi connectivity index (χ1v) is 6.20. The van der Waals surface area contributed by atoms with Crippen LogP contribution < -0.4 is 4.87 Å². The third-order valence-corrected chi connectivity index (χ3v) is 4.17. The van der Waals surface area contributed by atoms with Gasteiger partial charge in [0.15, 0.2) is 0 Å². The van der Waals surface area contributed by atoms with Crippen molar-refractivity contribution in [2.24, 2.45) is 0 Å².